The number of tetrazole rings is 1. The van der Waals surface area contributed by atoms with Crippen molar-refractivity contribution in [2.24, 2.45) is 0 Å². The summed E-state index contributed by atoms with van der Waals surface area (Å²) in [7, 11) is 0. The average molecular weight is 324 g/mol. The number of rotatable bonds is 2. The van der Waals surface area contributed by atoms with E-state index in [1.54, 1.807) is 24.3 Å². The second-order valence-corrected chi connectivity index (χ2v) is 5.06. The van der Waals surface area contributed by atoms with Crippen LogP contribution >= 0.6 is 23.2 Å². The lowest BCUT2D eigenvalue weighted by Crippen LogP contribution is -2.04. The smallest absolute Gasteiger partial charge is 0.189 e. The second kappa shape index (κ2) is 5.31. The molecule has 2 N–H and O–H groups in total. The van der Waals surface area contributed by atoms with E-state index in [1.165, 1.54) is 16.8 Å². The molecule has 0 saturated heterocycles. The molecule has 1 heterocycles. The number of anilines is 1. The van der Waals surface area contributed by atoms with Crippen LogP contribution in [0.2, 0.25) is 10.0 Å². The summed E-state index contributed by atoms with van der Waals surface area (Å²) in [6, 6.07) is 9.47. The Kier molecular flexibility index (Phi) is 3.48. The van der Waals surface area contributed by atoms with Gasteiger partial charge in [0.05, 0.1) is 5.02 Å². The van der Waals surface area contributed by atoms with Gasteiger partial charge in [0.25, 0.3) is 0 Å². The third kappa shape index (κ3) is 2.43. The summed E-state index contributed by atoms with van der Waals surface area (Å²) in [5, 5.41) is 11.7. The van der Waals surface area contributed by atoms with Gasteiger partial charge in [0.15, 0.2) is 11.6 Å². The molecule has 0 bridgehead atoms. The zero-order valence-corrected chi connectivity index (χ0v) is 12.0. The van der Waals surface area contributed by atoms with Gasteiger partial charge in [0.1, 0.15) is 5.69 Å². The second-order valence-electron chi connectivity index (χ2n) is 4.22. The molecular weight excluding hydrogens is 316 g/mol. The summed E-state index contributed by atoms with van der Waals surface area (Å²) in [6.45, 7) is 0. The van der Waals surface area contributed by atoms with Gasteiger partial charge in [-0.15, -0.1) is 5.10 Å². The van der Waals surface area contributed by atoms with E-state index in [9.17, 15) is 4.39 Å². The Labute approximate surface area is 129 Å². The Morgan fingerprint density at radius 1 is 1.14 bits per heavy atom. The minimum atomic E-state index is -0.611. The lowest BCUT2D eigenvalue weighted by atomic mass is 10.1. The first-order valence-corrected chi connectivity index (χ1v) is 6.61. The van der Waals surface area contributed by atoms with Crippen LogP contribution in [0.15, 0.2) is 36.4 Å². The molecule has 21 heavy (non-hydrogen) atoms. The number of nitrogens with zero attached hydrogens (tertiary/aromatic N) is 4. The maximum Gasteiger partial charge on any atom is 0.189 e. The summed E-state index contributed by atoms with van der Waals surface area (Å²) < 4.78 is 15.4. The summed E-state index contributed by atoms with van der Waals surface area (Å²) in [6.07, 6.45) is 0. The Balaban J connectivity index is 2.20. The van der Waals surface area contributed by atoms with Crippen molar-refractivity contribution in [1.29, 1.82) is 0 Å². The highest BCUT2D eigenvalue weighted by Crippen LogP contribution is 2.29. The lowest BCUT2D eigenvalue weighted by Gasteiger charge is -2.08. The molecule has 3 aromatic rings. The number of halogens is 3. The Morgan fingerprint density at radius 3 is 2.71 bits per heavy atom. The highest BCUT2D eigenvalue weighted by Gasteiger charge is 2.17. The monoisotopic (exact) mass is 323 g/mol. The summed E-state index contributed by atoms with van der Waals surface area (Å²) in [4.78, 5) is 0. The van der Waals surface area contributed by atoms with E-state index >= 15 is 0 Å². The molecule has 2 aromatic carbocycles. The number of hydrogen-bond acceptors (Lipinski definition) is 4. The minimum Gasteiger partial charge on any atom is -0.398 e. The molecule has 5 nitrogen and oxygen atoms in total. The van der Waals surface area contributed by atoms with Crippen LogP contribution in [-0.4, -0.2) is 20.2 Å². The summed E-state index contributed by atoms with van der Waals surface area (Å²) >= 11 is 11.6. The first-order valence-electron chi connectivity index (χ1n) is 5.86. The fourth-order valence-corrected chi connectivity index (χ4v) is 2.26. The maximum absolute atomic E-state index is 14.1. The number of aromatic nitrogens is 4. The van der Waals surface area contributed by atoms with Crippen molar-refractivity contribution in [2.45, 2.75) is 0 Å². The van der Waals surface area contributed by atoms with E-state index in [0.29, 0.717) is 22.1 Å². The van der Waals surface area contributed by atoms with E-state index < -0.39 is 5.82 Å². The van der Waals surface area contributed by atoms with Crippen molar-refractivity contribution in [2.75, 3.05) is 5.73 Å². The predicted octanol–water partition coefficient (Wildman–Crippen LogP) is 3.36. The number of nitrogens with two attached hydrogens (primary N) is 1. The Hall–Kier alpha value is -2.18. The molecule has 0 aliphatic heterocycles. The van der Waals surface area contributed by atoms with Crippen LogP contribution in [0.25, 0.3) is 17.1 Å². The molecular formula is C13H8Cl2FN5. The standard InChI is InChI=1S/C13H8Cl2FN5/c14-7-4-5-8(10(17)6-7)13-18-19-20-21(13)11-3-1-2-9(15)12(11)16/h1-6H,17H2. The third-order valence-corrected chi connectivity index (χ3v) is 3.41. The minimum absolute atomic E-state index is 0.0157. The predicted molar refractivity (Wildman–Crippen MR) is 79.0 cm³/mol. The van der Waals surface area contributed by atoms with Gasteiger partial charge in [-0.3, -0.25) is 0 Å². The fraction of sp³-hybridized carbons (Fsp3) is 0. The van der Waals surface area contributed by atoms with E-state index in [2.05, 4.69) is 15.5 Å². The largest absolute Gasteiger partial charge is 0.398 e. The van der Waals surface area contributed by atoms with Gasteiger partial charge in [-0.05, 0) is 40.8 Å². The SMILES string of the molecule is Nc1cc(Cl)ccc1-c1nnnn1-c1cccc(Cl)c1F. The van der Waals surface area contributed by atoms with Crippen LogP contribution in [0, 0.1) is 5.82 Å². The molecule has 0 fully saturated rings. The molecule has 8 heteroatoms. The van der Waals surface area contributed by atoms with E-state index in [4.69, 9.17) is 28.9 Å². The van der Waals surface area contributed by atoms with Crippen LogP contribution < -0.4 is 5.73 Å². The molecule has 0 spiro atoms. The van der Waals surface area contributed by atoms with Gasteiger partial charge in [0.2, 0.25) is 0 Å². The number of nitrogen functional groups attached to an aromatic ring is 1. The number of hydrogen-bond donors (Lipinski definition) is 1. The van der Waals surface area contributed by atoms with Gasteiger partial charge < -0.3 is 5.73 Å². The molecule has 0 atom stereocenters. The van der Waals surface area contributed by atoms with Crippen LogP contribution in [0.5, 0.6) is 0 Å². The van der Waals surface area contributed by atoms with Crippen LogP contribution in [0.4, 0.5) is 10.1 Å². The topological polar surface area (TPSA) is 69.6 Å². The molecule has 0 radical (unpaired) electrons. The molecule has 3 rings (SSSR count). The normalized spacial score (nSPS) is 10.8. The van der Waals surface area contributed by atoms with Crippen molar-refractivity contribution in [3.05, 3.63) is 52.3 Å². The van der Waals surface area contributed by atoms with E-state index in [1.807, 2.05) is 0 Å². The van der Waals surface area contributed by atoms with Crippen LogP contribution in [0.1, 0.15) is 0 Å². The van der Waals surface area contributed by atoms with Crippen molar-refractivity contribution < 1.29 is 4.39 Å². The van der Waals surface area contributed by atoms with Crippen LogP contribution in [0.3, 0.4) is 0 Å². The average Bonchev–Trinajstić information content (AvgIpc) is 2.91. The van der Waals surface area contributed by atoms with E-state index in [0.717, 1.165) is 0 Å². The first-order chi connectivity index (χ1) is 10.1. The summed E-state index contributed by atoms with van der Waals surface area (Å²) in [5.41, 5.74) is 6.99. The molecule has 0 saturated carbocycles. The first kappa shape index (κ1) is 13.8. The van der Waals surface area contributed by atoms with Gasteiger partial charge in [-0.1, -0.05) is 29.3 Å². The highest BCUT2D eigenvalue weighted by molar-refractivity contribution is 6.31. The summed E-state index contributed by atoms with van der Waals surface area (Å²) in [5.74, 6) is -0.314. The van der Waals surface area contributed by atoms with Gasteiger partial charge in [-0.2, -0.15) is 4.68 Å². The Bertz CT molecular complexity index is 818. The molecule has 0 unspecified atom stereocenters. The zero-order chi connectivity index (χ0) is 15.0. The van der Waals surface area contributed by atoms with Crippen molar-refractivity contribution in [3.63, 3.8) is 0 Å². The maximum atomic E-state index is 14.1. The van der Waals surface area contributed by atoms with Crippen molar-refractivity contribution >= 4 is 28.9 Å². The number of benzene rings is 2. The molecule has 1 aromatic heterocycles. The van der Waals surface area contributed by atoms with Gasteiger partial charge in [-0.25, -0.2) is 4.39 Å². The van der Waals surface area contributed by atoms with Crippen molar-refractivity contribution in [1.82, 2.24) is 20.2 Å². The zero-order valence-electron chi connectivity index (χ0n) is 10.5. The molecule has 0 amide bonds. The molecule has 0 aliphatic carbocycles. The third-order valence-electron chi connectivity index (χ3n) is 2.88. The molecule has 106 valence electrons. The van der Waals surface area contributed by atoms with Crippen LogP contribution in [-0.2, 0) is 0 Å². The van der Waals surface area contributed by atoms with E-state index in [-0.39, 0.29) is 10.7 Å². The Morgan fingerprint density at radius 2 is 1.95 bits per heavy atom. The fourth-order valence-electron chi connectivity index (χ4n) is 1.91. The molecule has 0 aliphatic rings. The lowest BCUT2D eigenvalue weighted by molar-refractivity contribution is 0.608. The highest BCUT2D eigenvalue weighted by atomic mass is 35.5. The quantitative estimate of drug-likeness (QED) is 0.734. The van der Waals surface area contributed by atoms with Crippen molar-refractivity contribution in [3.8, 4) is 17.1 Å². The van der Waals surface area contributed by atoms with Gasteiger partial charge in [0, 0.05) is 16.3 Å². The van der Waals surface area contributed by atoms with Gasteiger partial charge >= 0.3 is 0 Å².